The first-order valence-corrected chi connectivity index (χ1v) is 12.9. The molecule has 196 valence electrons. The maximum atomic E-state index is 12.8. The molecule has 0 radical (unpaired) electrons. The van der Waals surface area contributed by atoms with Crippen LogP contribution in [0.15, 0.2) is 30.5 Å². The third kappa shape index (κ3) is 6.96. The van der Waals surface area contributed by atoms with Crippen molar-refractivity contribution in [2.24, 2.45) is 5.92 Å². The number of halogens is 3. The van der Waals surface area contributed by atoms with Gasteiger partial charge in [0.25, 0.3) is 5.91 Å². The van der Waals surface area contributed by atoms with Crippen LogP contribution in [0.1, 0.15) is 66.3 Å². The van der Waals surface area contributed by atoms with Gasteiger partial charge in [0.05, 0.1) is 5.56 Å². The van der Waals surface area contributed by atoms with Gasteiger partial charge in [0.15, 0.2) is 6.10 Å². The summed E-state index contributed by atoms with van der Waals surface area (Å²) in [6, 6.07) is 7.21. The Balaban J connectivity index is 1.20. The van der Waals surface area contributed by atoms with Crippen molar-refractivity contribution in [3.63, 3.8) is 0 Å². The van der Waals surface area contributed by atoms with Crippen molar-refractivity contribution in [1.82, 2.24) is 20.2 Å². The number of rotatable bonds is 7. The Morgan fingerprint density at radius 2 is 1.92 bits per heavy atom. The minimum Gasteiger partial charge on any atom is -0.465 e. The lowest BCUT2D eigenvalue weighted by molar-refractivity contribution is -0.190. The van der Waals surface area contributed by atoms with Crippen molar-refractivity contribution in [2.45, 2.75) is 77.1 Å². The fourth-order valence-corrected chi connectivity index (χ4v) is 5.09. The molecule has 1 fully saturated rings. The van der Waals surface area contributed by atoms with Gasteiger partial charge in [-0.2, -0.15) is 13.2 Å². The van der Waals surface area contributed by atoms with E-state index >= 15 is 0 Å². The SMILES string of the molecule is Cc1ncccc1C(=O)NC1CCC(CCN2CCc3ccc(O[C@H](C)C(F)(F)F)nc3CC2)CC1. The molecular weight excluding hydrogens is 469 g/mol. The largest absolute Gasteiger partial charge is 0.465 e. The number of nitrogens with one attached hydrogen (secondary N) is 1. The van der Waals surface area contributed by atoms with E-state index in [-0.39, 0.29) is 17.8 Å². The van der Waals surface area contributed by atoms with Gasteiger partial charge in [0.1, 0.15) is 0 Å². The summed E-state index contributed by atoms with van der Waals surface area (Å²) in [6.45, 7) is 5.61. The average molecular weight is 505 g/mol. The molecule has 0 saturated heterocycles. The summed E-state index contributed by atoms with van der Waals surface area (Å²) >= 11 is 0. The van der Waals surface area contributed by atoms with Crippen LogP contribution in [0.4, 0.5) is 13.2 Å². The molecule has 1 N–H and O–H groups in total. The summed E-state index contributed by atoms with van der Waals surface area (Å²) in [5.41, 5.74) is 3.32. The van der Waals surface area contributed by atoms with E-state index in [1.54, 1.807) is 18.3 Å². The monoisotopic (exact) mass is 504 g/mol. The molecular formula is C27H35F3N4O2. The predicted octanol–water partition coefficient (Wildman–Crippen LogP) is 4.89. The van der Waals surface area contributed by atoms with Gasteiger partial charge in [0.2, 0.25) is 5.88 Å². The molecule has 0 unspecified atom stereocenters. The molecule has 1 aliphatic heterocycles. The molecule has 0 spiro atoms. The summed E-state index contributed by atoms with van der Waals surface area (Å²) in [7, 11) is 0. The quantitative estimate of drug-likeness (QED) is 0.581. The van der Waals surface area contributed by atoms with Crippen molar-refractivity contribution >= 4 is 5.91 Å². The van der Waals surface area contributed by atoms with Gasteiger partial charge in [-0.3, -0.25) is 9.78 Å². The van der Waals surface area contributed by atoms with Crippen molar-refractivity contribution in [1.29, 1.82) is 0 Å². The first-order valence-electron chi connectivity index (χ1n) is 12.9. The Kier molecular flexibility index (Phi) is 8.49. The van der Waals surface area contributed by atoms with Crippen molar-refractivity contribution in [3.05, 3.63) is 53.0 Å². The van der Waals surface area contributed by atoms with Gasteiger partial charge in [-0.25, -0.2) is 4.98 Å². The Morgan fingerprint density at radius 1 is 1.17 bits per heavy atom. The Hall–Kier alpha value is -2.68. The van der Waals surface area contributed by atoms with E-state index in [0.717, 1.165) is 82.0 Å². The number of aryl methyl sites for hydroxylation is 1. The number of hydrogen-bond donors (Lipinski definition) is 1. The van der Waals surface area contributed by atoms with E-state index in [1.807, 2.05) is 19.1 Å². The summed E-state index contributed by atoms with van der Waals surface area (Å²) in [6.07, 6.45) is 2.25. The standard InChI is InChI=1S/C27H35F3N4O2/c1-18-23(4-3-14-31-18)26(35)32-22-8-5-20(6-9-22)11-15-34-16-12-21-7-10-25(33-24(21)13-17-34)36-19(2)27(28,29)30/h3-4,7,10,14,19-20,22H,5-6,8-9,11-13,15-17H2,1-2H3,(H,32,35)/t19-,20?,22?/m1/s1. The molecule has 0 aromatic carbocycles. The van der Waals surface area contributed by atoms with Crippen LogP contribution >= 0.6 is 0 Å². The number of carbonyl (C=O) groups excluding carboxylic acids is 1. The number of fused-ring (bicyclic) bond motifs is 1. The van der Waals surface area contributed by atoms with Gasteiger partial charge in [-0.15, -0.1) is 0 Å². The lowest BCUT2D eigenvalue weighted by atomic mass is 9.84. The smallest absolute Gasteiger partial charge is 0.425 e. The second kappa shape index (κ2) is 11.6. The topological polar surface area (TPSA) is 67.4 Å². The maximum Gasteiger partial charge on any atom is 0.425 e. The van der Waals surface area contributed by atoms with Gasteiger partial charge in [-0.05, 0) is 82.5 Å². The molecule has 3 heterocycles. The summed E-state index contributed by atoms with van der Waals surface area (Å²) in [5.74, 6) is 0.642. The molecule has 1 amide bonds. The van der Waals surface area contributed by atoms with Crippen LogP contribution in [0.25, 0.3) is 0 Å². The zero-order valence-electron chi connectivity index (χ0n) is 21.0. The van der Waals surface area contributed by atoms with E-state index < -0.39 is 12.3 Å². The van der Waals surface area contributed by atoms with Crippen LogP contribution < -0.4 is 10.1 Å². The van der Waals surface area contributed by atoms with Crippen LogP contribution in [0, 0.1) is 12.8 Å². The van der Waals surface area contributed by atoms with E-state index in [4.69, 9.17) is 4.74 Å². The van der Waals surface area contributed by atoms with E-state index in [9.17, 15) is 18.0 Å². The lowest BCUT2D eigenvalue weighted by Gasteiger charge is -2.30. The number of ether oxygens (including phenoxy) is 1. The predicted molar refractivity (Wildman–Crippen MR) is 131 cm³/mol. The minimum atomic E-state index is -4.41. The molecule has 6 nitrogen and oxygen atoms in total. The molecule has 9 heteroatoms. The molecule has 2 aromatic rings. The Morgan fingerprint density at radius 3 is 2.64 bits per heavy atom. The maximum absolute atomic E-state index is 12.8. The fourth-order valence-electron chi connectivity index (χ4n) is 5.09. The zero-order valence-corrected chi connectivity index (χ0v) is 21.0. The van der Waals surface area contributed by atoms with Gasteiger partial charge in [-0.1, -0.05) is 6.07 Å². The van der Waals surface area contributed by atoms with Crippen molar-refractivity contribution in [2.75, 3.05) is 19.6 Å². The first-order chi connectivity index (χ1) is 17.2. The minimum absolute atomic E-state index is 0.0366. The van der Waals surface area contributed by atoms with Crippen molar-refractivity contribution < 1.29 is 22.7 Å². The second-order valence-electron chi connectivity index (χ2n) is 10.0. The molecule has 1 atom stereocenters. The van der Waals surface area contributed by atoms with E-state index in [0.29, 0.717) is 17.9 Å². The first kappa shape index (κ1) is 26.4. The fraction of sp³-hybridized carbons (Fsp3) is 0.593. The lowest BCUT2D eigenvalue weighted by Crippen LogP contribution is -2.38. The number of carbonyl (C=O) groups is 1. The molecule has 4 rings (SSSR count). The molecule has 1 saturated carbocycles. The number of hydrogen-bond acceptors (Lipinski definition) is 5. The number of amides is 1. The third-order valence-electron chi connectivity index (χ3n) is 7.45. The zero-order chi connectivity index (χ0) is 25.7. The summed E-state index contributed by atoms with van der Waals surface area (Å²) in [4.78, 5) is 23.6. The molecule has 0 bridgehead atoms. The highest BCUT2D eigenvalue weighted by atomic mass is 19.4. The number of nitrogens with zero attached hydrogens (tertiary/aromatic N) is 3. The normalized spacial score (nSPS) is 21.8. The van der Waals surface area contributed by atoms with Crippen LogP contribution in [0.2, 0.25) is 0 Å². The van der Waals surface area contributed by atoms with Gasteiger partial charge >= 0.3 is 6.18 Å². The third-order valence-corrected chi connectivity index (χ3v) is 7.45. The molecule has 2 aliphatic rings. The van der Waals surface area contributed by atoms with E-state index in [2.05, 4.69) is 20.2 Å². The Bertz CT molecular complexity index is 1040. The highest BCUT2D eigenvalue weighted by molar-refractivity contribution is 5.95. The summed E-state index contributed by atoms with van der Waals surface area (Å²) < 4.78 is 43.5. The highest BCUT2D eigenvalue weighted by Gasteiger charge is 2.38. The summed E-state index contributed by atoms with van der Waals surface area (Å²) in [5, 5.41) is 3.18. The average Bonchev–Trinajstić information content (AvgIpc) is 3.05. The number of aromatic nitrogens is 2. The van der Waals surface area contributed by atoms with Gasteiger partial charge < -0.3 is 15.0 Å². The van der Waals surface area contributed by atoms with Crippen molar-refractivity contribution in [3.8, 4) is 5.88 Å². The van der Waals surface area contributed by atoms with Crippen LogP contribution in [0.5, 0.6) is 5.88 Å². The Labute approximate surface area is 210 Å². The highest BCUT2D eigenvalue weighted by Crippen LogP contribution is 2.28. The molecule has 1 aliphatic carbocycles. The van der Waals surface area contributed by atoms with Crippen LogP contribution in [0.3, 0.4) is 0 Å². The van der Waals surface area contributed by atoms with Crippen LogP contribution in [-0.2, 0) is 12.8 Å². The molecule has 36 heavy (non-hydrogen) atoms. The van der Waals surface area contributed by atoms with Gasteiger partial charge in [0, 0.05) is 49.2 Å². The second-order valence-corrected chi connectivity index (χ2v) is 10.0. The molecule has 2 aromatic heterocycles. The number of pyridine rings is 2. The van der Waals surface area contributed by atoms with Crippen LogP contribution in [-0.4, -0.2) is 58.7 Å². The van der Waals surface area contributed by atoms with E-state index in [1.165, 1.54) is 0 Å². The number of alkyl halides is 3.